The second-order valence-electron chi connectivity index (χ2n) is 8.41. The predicted octanol–water partition coefficient (Wildman–Crippen LogP) is 6.59. The molecular weight excluding hydrogens is 264 g/mol. The van der Waals surface area contributed by atoms with E-state index in [0.29, 0.717) is 0 Å². The van der Waals surface area contributed by atoms with Gasteiger partial charge in [-0.1, -0.05) is 77.9 Å². The standard InChI is InChI=1S/C22H26/c1-21(2,3)19-11-7-9-15-13-16-10-8-12-20(22(4,5)6)18(16)14-17(15)19/h7-14H,1-6H3. The zero-order valence-corrected chi connectivity index (χ0v) is 14.6. The Morgan fingerprint density at radius 1 is 0.545 bits per heavy atom. The van der Waals surface area contributed by atoms with Crippen LogP contribution in [0.4, 0.5) is 0 Å². The van der Waals surface area contributed by atoms with Crippen molar-refractivity contribution < 1.29 is 0 Å². The van der Waals surface area contributed by atoms with Crippen molar-refractivity contribution in [2.24, 2.45) is 0 Å². The smallest absolute Gasteiger partial charge is 0.0126 e. The molecular formula is C22H26. The van der Waals surface area contributed by atoms with Crippen LogP contribution in [-0.4, -0.2) is 0 Å². The van der Waals surface area contributed by atoms with E-state index in [1.54, 1.807) is 0 Å². The molecule has 0 nitrogen and oxygen atoms in total. The fourth-order valence-corrected chi connectivity index (χ4v) is 3.36. The normalized spacial score (nSPS) is 13.0. The minimum Gasteiger partial charge on any atom is -0.0613 e. The highest BCUT2D eigenvalue weighted by Gasteiger charge is 2.20. The van der Waals surface area contributed by atoms with Crippen LogP contribution in [0.3, 0.4) is 0 Å². The first-order valence-corrected chi connectivity index (χ1v) is 8.14. The van der Waals surface area contributed by atoms with Crippen LogP contribution in [0.5, 0.6) is 0 Å². The van der Waals surface area contributed by atoms with Crippen LogP contribution in [-0.2, 0) is 10.8 Å². The van der Waals surface area contributed by atoms with Crippen LogP contribution < -0.4 is 0 Å². The average molecular weight is 290 g/mol. The van der Waals surface area contributed by atoms with E-state index < -0.39 is 0 Å². The van der Waals surface area contributed by atoms with Gasteiger partial charge in [0.25, 0.3) is 0 Å². The molecule has 0 saturated carbocycles. The maximum atomic E-state index is 2.41. The van der Waals surface area contributed by atoms with Crippen molar-refractivity contribution in [1.82, 2.24) is 0 Å². The van der Waals surface area contributed by atoms with Crippen molar-refractivity contribution in [3.8, 4) is 0 Å². The number of hydrogen-bond acceptors (Lipinski definition) is 0. The highest BCUT2D eigenvalue weighted by atomic mass is 14.2. The average Bonchev–Trinajstić information content (AvgIpc) is 2.41. The van der Waals surface area contributed by atoms with E-state index in [2.05, 4.69) is 90.1 Å². The maximum absolute atomic E-state index is 2.41. The summed E-state index contributed by atoms with van der Waals surface area (Å²) >= 11 is 0. The summed E-state index contributed by atoms with van der Waals surface area (Å²) in [6, 6.07) is 18.1. The Bertz CT molecular complexity index is 770. The first kappa shape index (κ1) is 15.1. The summed E-state index contributed by atoms with van der Waals surface area (Å²) in [5, 5.41) is 5.45. The van der Waals surface area contributed by atoms with Gasteiger partial charge in [0.05, 0.1) is 0 Å². The first-order valence-electron chi connectivity index (χ1n) is 8.14. The van der Waals surface area contributed by atoms with Crippen LogP contribution in [0.2, 0.25) is 0 Å². The zero-order valence-electron chi connectivity index (χ0n) is 14.6. The largest absolute Gasteiger partial charge is 0.0613 e. The third-order valence-electron chi connectivity index (χ3n) is 4.50. The second kappa shape index (κ2) is 4.84. The topological polar surface area (TPSA) is 0 Å². The zero-order chi connectivity index (χ0) is 16.1. The van der Waals surface area contributed by atoms with Crippen LogP contribution in [0.1, 0.15) is 52.7 Å². The van der Waals surface area contributed by atoms with Crippen LogP contribution in [0.15, 0.2) is 48.5 Å². The van der Waals surface area contributed by atoms with Crippen molar-refractivity contribution >= 4 is 21.5 Å². The minimum atomic E-state index is 0.157. The molecule has 0 spiro atoms. The van der Waals surface area contributed by atoms with E-state index in [9.17, 15) is 0 Å². The van der Waals surface area contributed by atoms with Gasteiger partial charge in [0.2, 0.25) is 0 Å². The van der Waals surface area contributed by atoms with Gasteiger partial charge in [-0.2, -0.15) is 0 Å². The number of benzene rings is 3. The Morgan fingerprint density at radius 3 is 1.32 bits per heavy atom. The Morgan fingerprint density at radius 2 is 0.955 bits per heavy atom. The number of hydrogen-bond donors (Lipinski definition) is 0. The fraction of sp³-hybridized carbons (Fsp3) is 0.364. The van der Waals surface area contributed by atoms with Gasteiger partial charge in [-0.05, 0) is 55.6 Å². The van der Waals surface area contributed by atoms with Crippen molar-refractivity contribution in [2.75, 3.05) is 0 Å². The molecule has 0 aromatic heterocycles. The highest BCUT2D eigenvalue weighted by molar-refractivity contribution is 6.01. The molecule has 3 aromatic rings. The molecule has 0 aliphatic carbocycles. The lowest BCUT2D eigenvalue weighted by molar-refractivity contribution is 0.595. The number of rotatable bonds is 0. The van der Waals surface area contributed by atoms with E-state index >= 15 is 0 Å². The van der Waals surface area contributed by atoms with E-state index in [-0.39, 0.29) is 10.8 Å². The Labute approximate surface area is 134 Å². The molecule has 0 heteroatoms. The molecule has 0 unspecified atom stereocenters. The molecule has 0 saturated heterocycles. The van der Waals surface area contributed by atoms with E-state index in [4.69, 9.17) is 0 Å². The van der Waals surface area contributed by atoms with E-state index in [1.807, 2.05) is 0 Å². The monoisotopic (exact) mass is 290 g/mol. The molecule has 0 N–H and O–H groups in total. The molecule has 0 aliphatic rings. The van der Waals surface area contributed by atoms with Crippen LogP contribution >= 0.6 is 0 Å². The lowest BCUT2D eigenvalue weighted by atomic mass is 9.80. The van der Waals surface area contributed by atoms with Crippen LogP contribution in [0, 0.1) is 0 Å². The first-order chi connectivity index (χ1) is 10.2. The molecule has 114 valence electrons. The fourth-order valence-electron chi connectivity index (χ4n) is 3.36. The van der Waals surface area contributed by atoms with Crippen LogP contribution in [0.25, 0.3) is 21.5 Å². The van der Waals surface area contributed by atoms with Gasteiger partial charge in [-0.3, -0.25) is 0 Å². The van der Waals surface area contributed by atoms with Gasteiger partial charge >= 0.3 is 0 Å². The molecule has 0 heterocycles. The molecule has 0 atom stereocenters. The summed E-state index contributed by atoms with van der Waals surface area (Å²) in [6.07, 6.45) is 0. The summed E-state index contributed by atoms with van der Waals surface area (Å²) in [4.78, 5) is 0. The van der Waals surface area contributed by atoms with Gasteiger partial charge < -0.3 is 0 Å². The lowest BCUT2D eigenvalue weighted by Gasteiger charge is -2.24. The van der Waals surface area contributed by atoms with Gasteiger partial charge in [0.15, 0.2) is 0 Å². The molecule has 22 heavy (non-hydrogen) atoms. The van der Waals surface area contributed by atoms with Crippen molar-refractivity contribution in [3.05, 3.63) is 59.7 Å². The quantitative estimate of drug-likeness (QED) is 0.410. The number of fused-ring (bicyclic) bond motifs is 2. The molecule has 3 rings (SSSR count). The second-order valence-corrected chi connectivity index (χ2v) is 8.41. The molecule has 0 bridgehead atoms. The third kappa shape index (κ3) is 2.52. The van der Waals surface area contributed by atoms with Crippen molar-refractivity contribution in [1.29, 1.82) is 0 Å². The Hall–Kier alpha value is -1.82. The van der Waals surface area contributed by atoms with Crippen molar-refractivity contribution in [3.63, 3.8) is 0 Å². The molecule has 0 aliphatic heterocycles. The van der Waals surface area contributed by atoms with Gasteiger partial charge in [0.1, 0.15) is 0 Å². The Balaban J connectivity index is 2.45. The predicted molar refractivity (Wildman–Crippen MR) is 98.9 cm³/mol. The van der Waals surface area contributed by atoms with E-state index in [1.165, 1.54) is 32.7 Å². The summed E-state index contributed by atoms with van der Waals surface area (Å²) in [5.41, 5.74) is 3.17. The van der Waals surface area contributed by atoms with E-state index in [0.717, 1.165) is 0 Å². The maximum Gasteiger partial charge on any atom is -0.0126 e. The lowest BCUT2D eigenvalue weighted by Crippen LogP contribution is -2.13. The van der Waals surface area contributed by atoms with Gasteiger partial charge in [-0.15, -0.1) is 0 Å². The molecule has 0 amide bonds. The minimum absolute atomic E-state index is 0.157. The third-order valence-corrected chi connectivity index (χ3v) is 4.50. The molecule has 3 aromatic carbocycles. The van der Waals surface area contributed by atoms with Crippen molar-refractivity contribution in [2.45, 2.75) is 52.4 Å². The summed E-state index contributed by atoms with van der Waals surface area (Å²) in [5.74, 6) is 0. The van der Waals surface area contributed by atoms with Gasteiger partial charge in [0, 0.05) is 0 Å². The Kier molecular flexibility index (Phi) is 3.32. The summed E-state index contributed by atoms with van der Waals surface area (Å²) in [6.45, 7) is 13.8. The SMILES string of the molecule is CC(C)(C)c1cccc2cc3cccc(C(C)(C)C)c3cc12. The highest BCUT2D eigenvalue weighted by Crippen LogP contribution is 2.36. The summed E-state index contributed by atoms with van der Waals surface area (Å²) in [7, 11) is 0. The molecule has 0 fully saturated rings. The van der Waals surface area contributed by atoms with Gasteiger partial charge in [-0.25, -0.2) is 0 Å². The summed E-state index contributed by atoms with van der Waals surface area (Å²) < 4.78 is 0. The molecule has 0 radical (unpaired) electrons.